The fourth-order valence-electron chi connectivity index (χ4n) is 3.06. The molecule has 0 aromatic carbocycles. The molecular weight excluding hydrogens is 332 g/mol. The second-order valence-electron chi connectivity index (χ2n) is 8.54. The van der Waals surface area contributed by atoms with Crippen molar-refractivity contribution in [1.29, 1.82) is 0 Å². The van der Waals surface area contributed by atoms with Gasteiger partial charge >= 0.3 is 6.09 Å². The molecule has 148 valence electrons. The van der Waals surface area contributed by atoms with Crippen molar-refractivity contribution in [2.24, 2.45) is 5.92 Å². The third-order valence-electron chi connectivity index (χ3n) is 4.42. The van der Waals surface area contributed by atoms with Crippen LogP contribution in [0.15, 0.2) is 4.52 Å². The highest BCUT2D eigenvalue weighted by Crippen LogP contribution is 2.19. The highest BCUT2D eigenvalue weighted by molar-refractivity contribution is 5.67. The quantitative estimate of drug-likeness (QED) is 0.795. The molecule has 0 spiro atoms. The predicted molar refractivity (Wildman–Crippen MR) is 99.7 cm³/mol. The van der Waals surface area contributed by atoms with Gasteiger partial charge in [0.2, 0.25) is 5.89 Å². The molecule has 1 aromatic rings. The number of hydrogen-bond acceptors (Lipinski definition) is 6. The van der Waals surface area contributed by atoms with Gasteiger partial charge in [0.05, 0.1) is 6.54 Å². The fourth-order valence-corrected chi connectivity index (χ4v) is 3.06. The second kappa shape index (κ2) is 9.35. The molecule has 26 heavy (non-hydrogen) atoms. The van der Waals surface area contributed by atoms with E-state index >= 15 is 0 Å². The molecule has 1 aromatic heterocycles. The third kappa shape index (κ3) is 7.32. The Morgan fingerprint density at radius 1 is 1.38 bits per heavy atom. The molecule has 0 bridgehead atoms. The van der Waals surface area contributed by atoms with Gasteiger partial charge in [-0.05, 0) is 52.5 Å². The van der Waals surface area contributed by atoms with Crippen LogP contribution in [0.3, 0.4) is 0 Å². The number of carbonyl (C=O) groups excluding carboxylic acids is 1. The first kappa shape index (κ1) is 20.7. The number of nitrogens with one attached hydrogen (secondary N) is 1. The van der Waals surface area contributed by atoms with Crippen molar-refractivity contribution < 1.29 is 14.1 Å². The molecule has 1 saturated heterocycles. The largest absolute Gasteiger partial charge is 0.444 e. The summed E-state index contributed by atoms with van der Waals surface area (Å²) in [5.41, 5.74) is -0.480. The molecule has 7 nitrogen and oxygen atoms in total. The average molecular weight is 367 g/mol. The first-order valence-corrected chi connectivity index (χ1v) is 9.75. The number of alkyl carbamates (subject to hydrolysis) is 1. The SMILES string of the molecule is CC(C)CCc1noc(CN2CCCCC2CNC(=O)OC(C)(C)C)n1. The van der Waals surface area contributed by atoms with E-state index in [-0.39, 0.29) is 12.1 Å². The van der Waals surface area contributed by atoms with Crippen molar-refractivity contribution in [2.45, 2.75) is 84.9 Å². The van der Waals surface area contributed by atoms with Gasteiger partial charge in [-0.3, -0.25) is 4.90 Å². The molecule has 1 aliphatic rings. The number of aromatic nitrogens is 2. The minimum Gasteiger partial charge on any atom is -0.444 e. The lowest BCUT2D eigenvalue weighted by molar-refractivity contribution is 0.0487. The second-order valence-corrected chi connectivity index (χ2v) is 8.54. The highest BCUT2D eigenvalue weighted by atomic mass is 16.6. The van der Waals surface area contributed by atoms with Gasteiger partial charge < -0.3 is 14.6 Å². The van der Waals surface area contributed by atoms with Crippen LogP contribution >= 0.6 is 0 Å². The number of ether oxygens (including phenoxy) is 1. The smallest absolute Gasteiger partial charge is 0.407 e. The van der Waals surface area contributed by atoms with E-state index in [1.807, 2.05) is 20.8 Å². The molecule has 1 N–H and O–H groups in total. The summed E-state index contributed by atoms with van der Waals surface area (Å²) in [6, 6.07) is 0.266. The molecule has 1 fully saturated rings. The Morgan fingerprint density at radius 2 is 2.15 bits per heavy atom. The maximum atomic E-state index is 11.9. The van der Waals surface area contributed by atoms with Gasteiger partial charge in [0, 0.05) is 19.0 Å². The molecule has 0 radical (unpaired) electrons. The Balaban J connectivity index is 1.85. The first-order valence-electron chi connectivity index (χ1n) is 9.75. The minimum atomic E-state index is -0.480. The Hall–Kier alpha value is -1.63. The Labute approximate surface area is 156 Å². The van der Waals surface area contributed by atoms with Crippen molar-refractivity contribution in [2.75, 3.05) is 13.1 Å². The Kier molecular flexibility index (Phi) is 7.43. The molecule has 1 atom stereocenters. The van der Waals surface area contributed by atoms with Crippen LogP contribution < -0.4 is 5.32 Å². The maximum absolute atomic E-state index is 11.9. The van der Waals surface area contributed by atoms with Crippen LogP contribution in [0.5, 0.6) is 0 Å². The predicted octanol–water partition coefficient (Wildman–Crippen LogP) is 3.54. The van der Waals surface area contributed by atoms with Gasteiger partial charge in [-0.1, -0.05) is 25.4 Å². The molecule has 2 heterocycles. The number of carbonyl (C=O) groups is 1. The van der Waals surface area contributed by atoms with E-state index in [0.29, 0.717) is 24.9 Å². The zero-order valence-electron chi connectivity index (χ0n) is 16.9. The van der Waals surface area contributed by atoms with Gasteiger partial charge in [0.1, 0.15) is 5.60 Å². The standard InChI is InChI=1S/C19H34N4O3/c1-14(2)9-10-16-21-17(26-22-16)13-23-11-7-6-8-15(23)12-20-18(24)25-19(3,4)5/h14-15H,6-13H2,1-5H3,(H,20,24). The minimum absolute atomic E-state index is 0.266. The van der Waals surface area contributed by atoms with Crippen molar-refractivity contribution in [3.63, 3.8) is 0 Å². The fraction of sp³-hybridized carbons (Fsp3) is 0.842. The summed E-state index contributed by atoms with van der Waals surface area (Å²) in [5.74, 6) is 2.07. The lowest BCUT2D eigenvalue weighted by Crippen LogP contribution is -2.47. The van der Waals surface area contributed by atoms with Gasteiger partial charge in [0.25, 0.3) is 0 Å². The molecule has 1 aliphatic heterocycles. The van der Waals surface area contributed by atoms with Crippen molar-refractivity contribution >= 4 is 6.09 Å². The molecule has 1 unspecified atom stereocenters. The van der Waals surface area contributed by atoms with Gasteiger partial charge in [0.15, 0.2) is 5.82 Å². The molecular formula is C19H34N4O3. The number of likely N-dealkylation sites (tertiary alicyclic amines) is 1. The van der Waals surface area contributed by atoms with Gasteiger partial charge in [-0.15, -0.1) is 0 Å². The summed E-state index contributed by atoms with van der Waals surface area (Å²) in [4.78, 5) is 18.7. The monoisotopic (exact) mass is 366 g/mol. The number of rotatable bonds is 7. The molecule has 0 saturated carbocycles. The molecule has 0 aliphatic carbocycles. The summed E-state index contributed by atoms with van der Waals surface area (Å²) in [7, 11) is 0. The van der Waals surface area contributed by atoms with Crippen LogP contribution in [0.1, 0.15) is 72.0 Å². The number of piperidine rings is 1. The Bertz CT molecular complexity index is 565. The summed E-state index contributed by atoms with van der Waals surface area (Å²) < 4.78 is 10.7. The summed E-state index contributed by atoms with van der Waals surface area (Å²) in [6.45, 7) is 12.2. The van der Waals surface area contributed by atoms with E-state index in [1.165, 1.54) is 6.42 Å². The van der Waals surface area contributed by atoms with E-state index in [0.717, 1.165) is 38.1 Å². The number of aryl methyl sites for hydroxylation is 1. The normalized spacial score (nSPS) is 18.9. The third-order valence-corrected chi connectivity index (χ3v) is 4.42. The lowest BCUT2D eigenvalue weighted by atomic mass is 10.0. The summed E-state index contributed by atoms with van der Waals surface area (Å²) in [6.07, 6.45) is 4.91. The first-order chi connectivity index (χ1) is 12.2. The van der Waals surface area contributed by atoms with Gasteiger partial charge in [-0.25, -0.2) is 4.79 Å². The summed E-state index contributed by atoms with van der Waals surface area (Å²) in [5, 5.41) is 6.98. The van der Waals surface area contributed by atoms with Crippen LogP contribution in [0.4, 0.5) is 4.79 Å². The molecule has 2 rings (SSSR count). The number of amides is 1. The van der Waals surface area contributed by atoms with E-state index < -0.39 is 5.60 Å². The molecule has 1 amide bonds. The van der Waals surface area contributed by atoms with Gasteiger partial charge in [-0.2, -0.15) is 4.98 Å². The van der Waals surface area contributed by atoms with E-state index in [4.69, 9.17) is 9.26 Å². The number of hydrogen-bond donors (Lipinski definition) is 1. The maximum Gasteiger partial charge on any atom is 0.407 e. The van der Waals surface area contributed by atoms with Crippen molar-refractivity contribution in [3.8, 4) is 0 Å². The summed E-state index contributed by atoms with van der Waals surface area (Å²) >= 11 is 0. The van der Waals surface area contributed by atoms with Crippen LogP contribution in [-0.2, 0) is 17.7 Å². The van der Waals surface area contributed by atoms with E-state index in [9.17, 15) is 4.79 Å². The van der Waals surface area contributed by atoms with Crippen molar-refractivity contribution in [3.05, 3.63) is 11.7 Å². The lowest BCUT2D eigenvalue weighted by Gasteiger charge is -2.34. The van der Waals surface area contributed by atoms with Crippen LogP contribution in [0, 0.1) is 5.92 Å². The van der Waals surface area contributed by atoms with Crippen LogP contribution in [0.2, 0.25) is 0 Å². The topological polar surface area (TPSA) is 80.5 Å². The zero-order valence-corrected chi connectivity index (χ0v) is 16.9. The van der Waals surface area contributed by atoms with Crippen LogP contribution in [0.25, 0.3) is 0 Å². The molecule has 7 heteroatoms. The Morgan fingerprint density at radius 3 is 2.85 bits per heavy atom. The highest BCUT2D eigenvalue weighted by Gasteiger charge is 2.25. The van der Waals surface area contributed by atoms with Crippen LogP contribution in [-0.4, -0.2) is 45.9 Å². The van der Waals surface area contributed by atoms with E-state index in [2.05, 4.69) is 34.2 Å². The average Bonchev–Trinajstić information content (AvgIpc) is 2.98. The zero-order chi connectivity index (χ0) is 19.2. The van der Waals surface area contributed by atoms with Crippen molar-refractivity contribution in [1.82, 2.24) is 20.4 Å². The number of nitrogens with zero attached hydrogens (tertiary/aromatic N) is 3. The van der Waals surface area contributed by atoms with E-state index in [1.54, 1.807) is 0 Å².